The van der Waals surface area contributed by atoms with Crippen LogP contribution < -0.4 is 0 Å². The summed E-state index contributed by atoms with van der Waals surface area (Å²) < 4.78 is 0. The second-order valence-corrected chi connectivity index (χ2v) is 3.54. The van der Waals surface area contributed by atoms with Crippen LogP contribution in [0.25, 0.3) is 0 Å². The van der Waals surface area contributed by atoms with Gasteiger partial charge in [-0.2, -0.15) is 0 Å². The number of rotatable bonds is 3. The van der Waals surface area contributed by atoms with E-state index in [4.69, 9.17) is 5.11 Å². The molecule has 2 atom stereocenters. The van der Waals surface area contributed by atoms with Gasteiger partial charge in [0.1, 0.15) is 0 Å². The highest BCUT2D eigenvalue weighted by atomic mass is 16.4. The predicted molar refractivity (Wildman–Crippen MR) is 47.2 cm³/mol. The minimum Gasteiger partial charge on any atom is -0.481 e. The van der Waals surface area contributed by atoms with Crippen molar-refractivity contribution in [3.05, 3.63) is 0 Å². The third-order valence-electron chi connectivity index (χ3n) is 2.63. The Morgan fingerprint density at radius 2 is 2.38 bits per heavy atom. The zero-order chi connectivity index (χ0) is 10.0. The first-order valence-electron chi connectivity index (χ1n) is 4.58. The summed E-state index contributed by atoms with van der Waals surface area (Å²) in [5.74, 6) is -1.39. The van der Waals surface area contributed by atoms with E-state index in [1.54, 1.807) is 4.90 Å². The van der Waals surface area contributed by atoms with Crippen LogP contribution in [0.1, 0.15) is 26.7 Å². The molecule has 0 unspecified atom stereocenters. The number of hydrogen-bond donors (Lipinski definition) is 1. The van der Waals surface area contributed by atoms with E-state index in [1.165, 1.54) is 0 Å². The van der Waals surface area contributed by atoms with Gasteiger partial charge in [-0.05, 0) is 13.3 Å². The SMILES string of the molecule is CC[C@@H](C)N1C[C@@H](C(=O)O)CC1=O. The third kappa shape index (κ3) is 1.99. The highest BCUT2D eigenvalue weighted by Crippen LogP contribution is 2.21. The van der Waals surface area contributed by atoms with Gasteiger partial charge in [-0.25, -0.2) is 0 Å². The molecule has 1 fully saturated rings. The molecular formula is C9H15NO3. The van der Waals surface area contributed by atoms with Gasteiger partial charge in [0.25, 0.3) is 0 Å². The van der Waals surface area contributed by atoms with Gasteiger partial charge in [-0.15, -0.1) is 0 Å². The zero-order valence-electron chi connectivity index (χ0n) is 7.99. The number of carboxylic acids is 1. The molecule has 4 nitrogen and oxygen atoms in total. The smallest absolute Gasteiger partial charge is 0.308 e. The van der Waals surface area contributed by atoms with E-state index in [9.17, 15) is 9.59 Å². The Kier molecular flexibility index (Phi) is 2.90. The number of carboxylic acid groups (broad SMARTS) is 1. The van der Waals surface area contributed by atoms with Gasteiger partial charge in [0, 0.05) is 19.0 Å². The van der Waals surface area contributed by atoms with Crippen LogP contribution in [0.3, 0.4) is 0 Å². The number of carbonyl (C=O) groups excluding carboxylic acids is 1. The maximum absolute atomic E-state index is 11.4. The van der Waals surface area contributed by atoms with Gasteiger partial charge in [0.15, 0.2) is 0 Å². The van der Waals surface area contributed by atoms with Crippen molar-refractivity contribution in [2.24, 2.45) is 5.92 Å². The number of carbonyl (C=O) groups is 2. The Bertz CT molecular complexity index is 227. The Hall–Kier alpha value is -1.06. The summed E-state index contributed by atoms with van der Waals surface area (Å²) in [7, 11) is 0. The summed E-state index contributed by atoms with van der Waals surface area (Å²) in [6, 6.07) is 0.164. The molecule has 1 N–H and O–H groups in total. The number of aliphatic carboxylic acids is 1. The Labute approximate surface area is 77.5 Å². The molecule has 1 heterocycles. The standard InChI is InChI=1S/C9H15NO3/c1-3-6(2)10-5-7(9(12)13)4-8(10)11/h6-7H,3-5H2,1-2H3,(H,12,13)/t6-,7+/m1/s1. The largest absolute Gasteiger partial charge is 0.481 e. The van der Waals surface area contributed by atoms with Crippen LogP contribution in [-0.2, 0) is 9.59 Å². The molecular weight excluding hydrogens is 170 g/mol. The first kappa shape index (κ1) is 10.0. The monoisotopic (exact) mass is 185 g/mol. The highest BCUT2D eigenvalue weighted by molar-refractivity contribution is 5.86. The van der Waals surface area contributed by atoms with Crippen LogP contribution in [0.5, 0.6) is 0 Å². The Balaban J connectivity index is 2.61. The fraction of sp³-hybridized carbons (Fsp3) is 0.778. The molecule has 0 aliphatic carbocycles. The van der Waals surface area contributed by atoms with Gasteiger partial charge >= 0.3 is 5.97 Å². The van der Waals surface area contributed by atoms with E-state index >= 15 is 0 Å². The minimum absolute atomic E-state index is 0.0262. The molecule has 4 heteroatoms. The summed E-state index contributed by atoms with van der Waals surface area (Å²) in [5, 5.41) is 8.72. The zero-order valence-corrected chi connectivity index (χ0v) is 7.99. The van der Waals surface area contributed by atoms with Gasteiger partial charge in [0.2, 0.25) is 5.91 Å². The predicted octanol–water partition coefficient (Wildman–Crippen LogP) is 0.718. The summed E-state index contributed by atoms with van der Waals surface area (Å²) in [4.78, 5) is 23.6. The first-order valence-corrected chi connectivity index (χ1v) is 4.58. The lowest BCUT2D eigenvalue weighted by molar-refractivity contribution is -0.141. The molecule has 0 aromatic heterocycles. The molecule has 1 aliphatic heterocycles. The van der Waals surface area contributed by atoms with Crippen molar-refractivity contribution in [2.45, 2.75) is 32.7 Å². The van der Waals surface area contributed by atoms with E-state index in [0.717, 1.165) is 6.42 Å². The van der Waals surface area contributed by atoms with Crippen LogP contribution >= 0.6 is 0 Å². The molecule has 0 bridgehead atoms. The van der Waals surface area contributed by atoms with Gasteiger partial charge < -0.3 is 10.0 Å². The summed E-state index contributed by atoms with van der Waals surface area (Å²) >= 11 is 0. The molecule has 1 saturated heterocycles. The topological polar surface area (TPSA) is 57.6 Å². The second kappa shape index (κ2) is 3.77. The molecule has 1 rings (SSSR count). The van der Waals surface area contributed by atoms with E-state index < -0.39 is 11.9 Å². The van der Waals surface area contributed by atoms with E-state index in [2.05, 4.69) is 0 Å². The molecule has 0 radical (unpaired) electrons. The van der Waals surface area contributed by atoms with Crippen LogP contribution in [0, 0.1) is 5.92 Å². The van der Waals surface area contributed by atoms with Gasteiger partial charge in [0.05, 0.1) is 5.92 Å². The van der Waals surface area contributed by atoms with Crippen molar-refractivity contribution in [2.75, 3.05) is 6.54 Å². The lowest BCUT2D eigenvalue weighted by atomic mass is 10.1. The molecule has 0 saturated carbocycles. The lowest BCUT2D eigenvalue weighted by Gasteiger charge is -2.22. The number of likely N-dealkylation sites (tertiary alicyclic amines) is 1. The van der Waals surface area contributed by atoms with Crippen molar-refractivity contribution in [1.82, 2.24) is 4.90 Å². The van der Waals surface area contributed by atoms with Crippen molar-refractivity contribution in [3.63, 3.8) is 0 Å². The molecule has 0 aromatic carbocycles. The van der Waals surface area contributed by atoms with Crippen molar-refractivity contribution in [1.29, 1.82) is 0 Å². The van der Waals surface area contributed by atoms with E-state index in [0.29, 0.717) is 6.54 Å². The van der Waals surface area contributed by atoms with Crippen molar-refractivity contribution < 1.29 is 14.7 Å². The average molecular weight is 185 g/mol. The summed E-state index contributed by atoms with van der Waals surface area (Å²) in [6.45, 7) is 4.32. The Morgan fingerprint density at radius 1 is 1.77 bits per heavy atom. The number of amides is 1. The summed E-state index contributed by atoms with van der Waals surface area (Å²) in [6.07, 6.45) is 1.04. The molecule has 0 aromatic rings. The van der Waals surface area contributed by atoms with E-state index in [1.807, 2.05) is 13.8 Å². The normalized spacial score (nSPS) is 24.9. The quantitative estimate of drug-likeness (QED) is 0.704. The molecule has 13 heavy (non-hydrogen) atoms. The number of hydrogen-bond acceptors (Lipinski definition) is 2. The highest BCUT2D eigenvalue weighted by Gasteiger charge is 2.35. The van der Waals surface area contributed by atoms with Crippen LogP contribution in [0.2, 0.25) is 0 Å². The first-order chi connectivity index (χ1) is 6.06. The van der Waals surface area contributed by atoms with Crippen LogP contribution in [0.4, 0.5) is 0 Å². The van der Waals surface area contributed by atoms with Crippen LogP contribution in [-0.4, -0.2) is 34.5 Å². The average Bonchev–Trinajstić information content (AvgIpc) is 2.46. The maximum Gasteiger partial charge on any atom is 0.308 e. The fourth-order valence-electron chi connectivity index (χ4n) is 1.54. The lowest BCUT2D eigenvalue weighted by Crippen LogP contribution is -2.34. The maximum atomic E-state index is 11.4. The number of nitrogens with zero attached hydrogens (tertiary/aromatic N) is 1. The molecule has 1 aliphatic rings. The minimum atomic E-state index is -0.862. The van der Waals surface area contributed by atoms with Crippen molar-refractivity contribution >= 4 is 11.9 Å². The third-order valence-corrected chi connectivity index (χ3v) is 2.63. The van der Waals surface area contributed by atoms with Gasteiger partial charge in [-0.1, -0.05) is 6.92 Å². The van der Waals surface area contributed by atoms with E-state index in [-0.39, 0.29) is 18.4 Å². The summed E-state index contributed by atoms with van der Waals surface area (Å²) in [5.41, 5.74) is 0. The molecule has 0 spiro atoms. The van der Waals surface area contributed by atoms with Gasteiger partial charge in [-0.3, -0.25) is 9.59 Å². The molecule has 74 valence electrons. The Morgan fingerprint density at radius 3 is 2.77 bits per heavy atom. The second-order valence-electron chi connectivity index (χ2n) is 3.54. The van der Waals surface area contributed by atoms with Crippen LogP contribution in [0.15, 0.2) is 0 Å². The molecule has 1 amide bonds. The van der Waals surface area contributed by atoms with Crippen molar-refractivity contribution in [3.8, 4) is 0 Å². The fourth-order valence-corrected chi connectivity index (χ4v) is 1.54.